The van der Waals surface area contributed by atoms with E-state index in [-0.39, 0.29) is 18.4 Å². The molecule has 1 aliphatic rings. The number of amides is 1. The van der Waals surface area contributed by atoms with Gasteiger partial charge in [0.05, 0.1) is 18.4 Å². The molecule has 31 heavy (non-hydrogen) atoms. The Morgan fingerprint density at radius 1 is 1.03 bits per heavy atom. The molecule has 0 saturated carbocycles. The zero-order chi connectivity index (χ0) is 22.1. The summed E-state index contributed by atoms with van der Waals surface area (Å²) in [4.78, 5) is 25.9. The molecule has 1 fully saturated rings. The molecule has 166 valence electrons. The molecule has 1 amide bonds. The molecule has 1 heterocycles. The van der Waals surface area contributed by atoms with Crippen molar-refractivity contribution in [3.63, 3.8) is 0 Å². The largest absolute Gasteiger partial charge is 0.491 e. The summed E-state index contributed by atoms with van der Waals surface area (Å²) < 4.78 is 5.98. The Morgan fingerprint density at radius 2 is 1.71 bits per heavy atom. The third kappa shape index (κ3) is 6.82. The molecule has 6 nitrogen and oxygen atoms in total. The predicted molar refractivity (Wildman–Crippen MR) is 120 cm³/mol. The fraction of sp³-hybridized carbons (Fsp3) is 0.440. The fourth-order valence-corrected chi connectivity index (χ4v) is 4.15. The minimum atomic E-state index is -0.933. The van der Waals surface area contributed by atoms with Gasteiger partial charge in [-0.15, -0.1) is 0 Å². The lowest BCUT2D eigenvalue weighted by atomic mass is 10.0. The molecule has 0 aliphatic carbocycles. The molecule has 1 saturated heterocycles. The molecule has 0 bridgehead atoms. The van der Waals surface area contributed by atoms with Crippen LogP contribution in [0.25, 0.3) is 0 Å². The normalized spacial score (nSPS) is 18.4. The maximum atomic E-state index is 12.8. The van der Waals surface area contributed by atoms with E-state index in [2.05, 4.69) is 12.1 Å². The molecule has 2 aromatic rings. The van der Waals surface area contributed by atoms with E-state index in [0.717, 1.165) is 31.4 Å². The third-order valence-corrected chi connectivity index (χ3v) is 5.79. The Hall–Kier alpha value is -2.86. The summed E-state index contributed by atoms with van der Waals surface area (Å²) in [7, 11) is 0. The summed E-state index contributed by atoms with van der Waals surface area (Å²) in [6, 6.07) is 18.0. The SMILES string of the molecule is NCCCc1ccc(OC[C@@H]2C[C@@H](CC(=O)O)C(=O)N2CCCc2ccccc2)cc1. The number of ether oxygens (including phenoxy) is 1. The van der Waals surface area contributed by atoms with Crippen LogP contribution in [0, 0.1) is 5.92 Å². The Labute approximate surface area is 184 Å². The van der Waals surface area contributed by atoms with Crippen molar-refractivity contribution in [1.82, 2.24) is 4.90 Å². The summed E-state index contributed by atoms with van der Waals surface area (Å²) in [5, 5.41) is 9.17. The molecule has 0 spiro atoms. The summed E-state index contributed by atoms with van der Waals surface area (Å²) >= 11 is 0. The van der Waals surface area contributed by atoms with Gasteiger partial charge in [-0.1, -0.05) is 42.5 Å². The molecule has 2 aromatic carbocycles. The molecule has 3 rings (SSSR count). The third-order valence-electron chi connectivity index (χ3n) is 5.79. The average molecular weight is 425 g/mol. The lowest BCUT2D eigenvalue weighted by Gasteiger charge is -2.25. The lowest BCUT2D eigenvalue weighted by molar-refractivity contribution is -0.142. The van der Waals surface area contributed by atoms with Gasteiger partial charge < -0.3 is 20.5 Å². The van der Waals surface area contributed by atoms with E-state index in [1.54, 1.807) is 0 Å². The molecule has 0 unspecified atom stereocenters. The van der Waals surface area contributed by atoms with Crippen molar-refractivity contribution in [2.75, 3.05) is 19.7 Å². The first-order valence-corrected chi connectivity index (χ1v) is 11.0. The number of hydrogen-bond acceptors (Lipinski definition) is 4. The number of aliphatic carboxylic acids is 1. The van der Waals surface area contributed by atoms with Crippen LogP contribution in [0.1, 0.15) is 36.8 Å². The van der Waals surface area contributed by atoms with Crippen LogP contribution in [0.15, 0.2) is 54.6 Å². The van der Waals surface area contributed by atoms with Gasteiger partial charge in [0.2, 0.25) is 5.91 Å². The maximum Gasteiger partial charge on any atom is 0.304 e. The molecular weight excluding hydrogens is 392 g/mol. The Kier molecular flexibility index (Phi) is 8.47. The van der Waals surface area contributed by atoms with Crippen LogP contribution in [0.3, 0.4) is 0 Å². The van der Waals surface area contributed by atoms with Gasteiger partial charge in [0, 0.05) is 6.54 Å². The fourth-order valence-electron chi connectivity index (χ4n) is 4.15. The average Bonchev–Trinajstić information content (AvgIpc) is 3.06. The number of hydrogen-bond donors (Lipinski definition) is 2. The number of carboxylic acids is 1. The molecule has 1 aliphatic heterocycles. The first kappa shape index (κ1) is 22.8. The molecule has 3 N–H and O–H groups in total. The number of carbonyl (C=O) groups excluding carboxylic acids is 1. The second-order valence-electron chi connectivity index (χ2n) is 8.15. The summed E-state index contributed by atoms with van der Waals surface area (Å²) in [5.74, 6) is -0.713. The van der Waals surface area contributed by atoms with Crippen molar-refractivity contribution in [2.24, 2.45) is 11.7 Å². The summed E-state index contributed by atoms with van der Waals surface area (Å²) in [6.07, 6.45) is 4.01. The first-order valence-electron chi connectivity index (χ1n) is 11.0. The van der Waals surface area contributed by atoms with Crippen LogP contribution in [-0.4, -0.2) is 47.6 Å². The Morgan fingerprint density at radius 3 is 2.39 bits per heavy atom. The summed E-state index contributed by atoms with van der Waals surface area (Å²) in [6.45, 7) is 1.65. The first-order chi connectivity index (χ1) is 15.1. The number of likely N-dealkylation sites (tertiary alicyclic amines) is 1. The van der Waals surface area contributed by atoms with E-state index in [1.807, 2.05) is 47.4 Å². The van der Waals surface area contributed by atoms with Crippen molar-refractivity contribution in [2.45, 2.75) is 44.6 Å². The highest BCUT2D eigenvalue weighted by atomic mass is 16.5. The highest BCUT2D eigenvalue weighted by Crippen LogP contribution is 2.28. The predicted octanol–water partition coefficient (Wildman–Crippen LogP) is 3.28. The number of carbonyl (C=O) groups is 2. The van der Waals surface area contributed by atoms with Gasteiger partial charge in [-0.3, -0.25) is 9.59 Å². The number of nitrogens with two attached hydrogens (primary N) is 1. The topological polar surface area (TPSA) is 92.9 Å². The van der Waals surface area contributed by atoms with Crippen LogP contribution >= 0.6 is 0 Å². The Balaban J connectivity index is 1.58. The zero-order valence-corrected chi connectivity index (χ0v) is 17.9. The number of aryl methyl sites for hydroxylation is 2. The second-order valence-corrected chi connectivity index (χ2v) is 8.15. The van der Waals surface area contributed by atoms with Crippen LogP contribution in [0.5, 0.6) is 5.75 Å². The van der Waals surface area contributed by atoms with E-state index in [1.165, 1.54) is 11.1 Å². The minimum absolute atomic E-state index is 0.0683. The molecule has 2 atom stereocenters. The van der Waals surface area contributed by atoms with E-state index < -0.39 is 11.9 Å². The maximum absolute atomic E-state index is 12.8. The number of rotatable bonds is 12. The van der Waals surface area contributed by atoms with Crippen LogP contribution in [0.4, 0.5) is 0 Å². The van der Waals surface area contributed by atoms with E-state index in [4.69, 9.17) is 10.5 Å². The molecule has 6 heteroatoms. The van der Waals surface area contributed by atoms with Crippen LogP contribution in [0.2, 0.25) is 0 Å². The second kappa shape index (κ2) is 11.5. The number of carboxylic acid groups (broad SMARTS) is 1. The minimum Gasteiger partial charge on any atom is -0.491 e. The van der Waals surface area contributed by atoms with Crippen LogP contribution in [-0.2, 0) is 22.4 Å². The molecule has 0 aromatic heterocycles. The number of benzene rings is 2. The van der Waals surface area contributed by atoms with Crippen molar-refractivity contribution >= 4 is 11.9 Å². The van der Waals surface area contributed by atoms with E-state index in [0.29, 0.717) is 26.1 Å². The van der Waals surface area contributed by atoms with Crippen LogP contribution < -0.4 is 10.5 Å². The van der Waals surface area contributed by atoms with Crippen molar-refractivity contribution in [3.8, 4) is 5.75 Å². The Bertz CT molecular complexity index is 838. The van der Waals surface area contributed by atoms with Gasteiger partial charge in [-0.25, -0.2) is 0 Å². The number of nitrogens with zero attached hydrogens (tertiary/aromatic N) is 1. The highest BCUT2D eigenvalue weighted by Gasteiger charge is 2.40. The summed E-state index contributed by atoms with van der Waals surface area (Å²) in [5.41, 5.74) is 8.02. The zero-order valence-electron chi connectivity index (χ0n) is 17.9. The molecular formula is C25H32N2O4. The van der Waals surface area contributed by atoms with Gasteiger partial charge in [0.1, 0.15) is 12.4 Å². The monoisotopic (exact) mass is 424 g/mol. The van der Waals surface area contributed by atoms with Gasteiger partial charge >= 0.3 is 5.97 Å². The van der Waals surface area contributed by atoms with E-state index in [9.17, 15) is 14.7 Å². The van der Waals surface area contributed by atoms with Gasteiger partial charge in [0.25, 0.3) is 0 Å². The van der Waals surface area contributed by atoms with Crippen molar-refractivity contribution in [1.29, 1.82) is 0 Å². The quantitative estimate of drug-likeness (QED) is 0.545. The van der Waals surface area contributed by atoms with Gasteiger partial charge in [0.15, 0.2) is 0 Å². The standard InChI is InChI=1S/C25H32N2O4/c26-14-4-8-20-10-12-23(13-11-20)31-18-22-16-21(17-24(28)29)25(30)27(22)15-5-9-19-6-2-1-3-7-19/h1-3,6-7,10-13,21-22H,4-5,8-9,14-18,26H2,(H,28,29)/t21-,22-/m0/s1. The van der Waals surface area contributed by atoms with Gasteiger partial charge in [-0.05, 0) is 61.9 Å². The van der Waals surface area contributed by atoms with Crippen molar-refractivity contribution in [3.05, 3.63) is 65.7 Å². The highest BCUT2D eigenvalue weighted by molar-refractivity contribution is 5.85. The lowest BCUT2D eigenvalue weighted by Crippen LogP contribution is -2.38. The molecule has 0 radical (unpaired) electrons. The van der Waals surface area contributed by atoms with Crippen molar-refractivity contribution < 1.29 is 19.4 Å². The smallest absolute Gasteiger partial charge is 0.304 e. The van der Waals surface area contributed by atoms with Gasteiger partial charge in [-0.2, -0.15) is 0 Å². The van der Waals surface area contributed by atoms with E-state index >= 15 is 0 Å².